The monoisotopic (exact) mass is 253 g/mol. The van der Waals surface area contributed by atoms with Crippen molar-refractivity contribution in [2.45, 2.75) is 76.0 Å². The molecule has 0 radical (unpaired) electrons. The quantitative estimate of drug-likeness (QED) is 0.702. The number of hydrogen-bond acceptors (Lipinski definition) is 3. The highest BCUT2D eigenvalue weighted by molar-refractivity contribution is 5.06. The largest absolute Gasteiger partial charge is 0.392 e. The molecule has 0 aromatic heterocycles. The Hall–Kier alpha value is -0.120. The lowest BCUT2D eigenvalue weighted by molar-refractivity contribution is -0.191. The molecule has 3 rings (SSSR count). The first-order valence-electron chi connectivity index (χ1n) is 7.82. The summed E-state index contributed by atoms with van der Waals surface area (Å²) in [5, 5.41) is 19.9. The fraction of sp³-hybridized carbons (Fsp3) is 1.00. The summed E-state index contributed by atoms with van der Waals surface area (Å²) in [6.07, 6.45) is 10.4. The highest BCUT2D eigenvalue weighted by Gasteiger charge is 2.54. The Kier molecular flexibility index (Phi) is 3.65. The van der Waals surface area contributed by atoms with Gasteiger partial charge in [0.2, 0.25) is 0 Å². The van der Waals surface area contributed by atoms with E-state index in [9.17, 15) is 10.2 Å². The van der Waals surface area contributed by atoms with Crippen molar-refractivity contribution in [3.63, 3.8) is 0 Å². The van der Waals surface area contributed by atoms with Crippen molar-refractivity contribution >= 4 is 0 Å². The molecule has 2 saturated carbocycles. The highest BCUT2D eigenvalue weighted by Crippen LogP contribution is 2.49. The number of aliphatic hydroxyl groups is 2. The Labute approximate surface area is 110 Å². The average molecular weight is 253 g/mol. The Morgan fingerprint density at radius 2 is 1.39 bits per heavy atom. The van der Waals surface area contributed by atoms with Gasteiger partial charge in [-0.25, -0.2) is 0 Å². The van der Waals surface area contributed by atoms with E-state index in [0.29, 0.717) is 6.42 Å². The van der Waals surface area contributed by atoms with Gasteiger partial charge in [-0.1, -0.05) is 25.7 Å². The van der Waals surface area contributed by atoms with Crippen LogP contribution >= 0.6 is 0 Å². The average Bonchev–Trinajstić information content (AvgIpc) is 2.68. The third-order valence-corrected chi connectivity index (χ3v) is 5.84. The number of aliphatic hydroxyl groups excluding tert-OH is 2. The molecule has 3 fully saturated rings. The predicted octanol–water partition coefficient (Wildman–Crippen LogP) is 1.92. The number of hydrogen-bond donors (Lipinski definition) is 2. The molecular weight excluding hydrogens is 226 g/mol. The lowest BCUT2D eigenvalue weighted by atomic mass is 9.58. The van der Waals surface area contributed by atoms with Gasteiger partial charge in [-0.2, -0.15) is 0 Å². The molecule has 2 N–H and O–H groups in total. The second-order valence-corrected chi connectivity index (χ2v) is 6.68. The number of rotatable bonds is 1. The fourth-order valence-electron chi connectivity index (χ4n) is 4.34. The van der Waals surface area contributed by atoms with Gasteiger partial charge < -0.3 is 15.1 Å². The van der Waals surface area contributed by atoms with Gasteiger partial charge in [0.1, 0.15) is 0 Å². The third-order valence-electron chi connectivity index (χ3n) is 5.84. The van der Waals surface area contributed by atoms with Gasteiger partial charge in [-0.15, -0.1) is 0 Å². The standard InChI is InChI=1S/C15H27NO2/c17-13-11-14(18)15(13)7-9-16(10-8-15)12-5-3-1-2-4-6-12/h12-14,17-18H,1-11H2/t13-,14+. The van der Waals surface area contributed by atoms with Gasteiger partial charge in [0.25, 0.3) is 0 Å². The molecule has 3 aliphatic rings. The van der Waals surface area contributed by atoms with Crippen molar-refractivity contribution in [3.05, 3.63) is 0 Å². The summed E-state index contributed by atoms with van der Waals surface area (Å²) in [5.74, 6) is 0. The van der Waals surface area contributed by atoms with Crippen molar-refractivity contribution in [2.24, 2.45) is 5.41 Å². The van der Waals surface area contributed by atoms with Crippen molar-refractivity contribution in [1.82, 2.24) is 4.90 Å². The third kappa shape index (κ3) is 2.10. The van der Waals surface area contributed by atoms with Gasteiger partial charge >= 0.3 is 0 Å². The van der Waals surface area contributed by atoms with Crippen LogP contribution in [0.4, 0.5) is 0 Å². The lowest BCUT2D eigenvalue weighted by Crippen LogP contribution is -2.62. The van der Waals surface area contributed by atoms with Crippen LogP contribution in [0.15, 0.2) is 0 Å². The Morgan fingerprint density at radius 1 is 0.833 bits per heavy atom. The highest BCUT2D eigenvalue weighted by atomic mass is 16.3. The molecule has 0 bridgehead atoms. The normalized spacial score (nSPS) is 38.3. The minimum Gasteiger partial charge on any atom is -0.392 e. The maximum absolute atomic E-state index is 9.96. The van der Waals surface area contributed by atoms with Gasteiger partial charge in [-0.3, -0.25) is 0 Å². The number of nitrogens with zero attached hydrogens (tertiary/aromatic N) is 1. The van der Waals surface area contributed by atoms with Crippen LogP contribution in [0.2, 0.25) is 0 Å². The summed E-state index contributed by atoms with van der Waals surface area (Å²) >= 11 is 0. The zero-order chi connectivity index (χ0) is 12.6. The first-order chi connectivity index (χ1) is 8.72. The van der Waals surface area contributed by atoms with E-state index in [2.05, 4.69) is 4.90 Å². The molecular formula is C15H27NO2. The fourth-order valence-corrected chi connectivity index (χ4v) is 4.34. The molecule has 1 aliphatic heterocycles. The maximum atomic E-state index is 9.96. The Morgan fingerprint density at radius 3 is 1.89 bits per heavy atom. The summed E-state index contributed by atoms with van der Waals surface area (Å²) in [4.78, 5) is 2.63. The first-order valence-corrected chi connectivity index (χ1v) is 7.82. The summed E-state index contributed by atoms with van der Waals surface area (Å²) in [6, 6.07) is 0.777. The molecule has 0 aromatic rings. The van der Waals surface area contributed by atoms with E-state index in [0.717, 1.165) is 32.0 Å². The van der Waals surface area contributed by atoms with Crippen molar-refractivity contribution in [1.29, 1.82) is 0 Å². The van der Waals surface area contributed by atoms with E-state index in [1.807, 2.05) is 0 Å². The Balaban J connectivity index is 1.56. The van der Waals surface area contributed by atoms with Gasteiger partial charge in [0.05, 0.1) is 12.2 Å². The van der Waals surface area contributed by atoms with E-state index >= 15 is 0 Å². The first kappa shape index (κ1) is 12.9. The molecule has 3 heteroatoms. The molecule has 18 heavy (non-hydrogen) atoms. The predicted molar refractivity (Wildman–Crippen MR) is 71.4 cm³/mol. The molecule has 0 amide bonds. The Bertz CT molecular complexity index is 268. The smallest absolute Gasteiger partial charge is 0.0647 e. The van der Waals surface area contributed by atoms with Crippen LogP contribution in [0, 0.1) is 5.41 Å². The maximum Gasteiger partial charge on any atom is 0.0647 e. The van der Waals surface area contributed by atoms with Gasteiger partial charge in [0, 0.05) is 17.9 Å². The van der Waals surface area contributed by atoms with Crippen LogP contribution in [0.1, 0.15) is 57.8 Å². The molecule has 1 saturated heterocycles. The summed E-state index contributed by atoms with van der Waals surface area (Å²) in [5.41, 5.74) is -0.138. The van der Waals surface area contributed by atoms with Crippen molar-refractivity contribution < 1.29 is 10.2 Å². The molecule has 2 aliphatic carbocycles. The van der Waals surface area contributed by atoms with Gasteiger partial charge in [0.15, 0.2) is 0 Å². The van der Waals surface area contributed by atoms with Gasteiger partial charge in [-0.05, 0) is 38.8 Å². The van der Waals surface area contributed by atoms with Crippen LogP contribution in [0.25, 0.3) is 0 Å². The van der Waals surface area contributed by atoms with Crippen molar-refractivity contribution in [2.75, 3.05) is 13.1 Å². The second kappa shape index (κ2) is 5.10. The number of piperidine rings is 1. The van der Waals surface area contributed by atoms with E-state index in [4.69, 9.17) is 0 Å². The van der Waals surface area contributed by atoms with Crippen LogP contribution in [-0.4, -0.2) is 46.5 Å². The van der Waals surface area contributed by atoms with Crippen molar-refractivity contribution in [3.8, 4) is 0 Å². The second-order valence-electron chi connectivity index (χ2n) is 6.68. The zero-order valence-corrected chi connectivity index (χ0v) is 11.4. The van der Waals surface area contributed by atoms with E-state index in [1.165, 1.54) is 38.5 Å². The zero-order valence-electron chi connectivity index (χ0n) is 11.4. The molecule has 0 unspecified atom stereocenters. The van der Waals surface area contributed by atoms with Crippen LogP contribution in [0.3, 0.4) is 0 Å². The van der Waals surface area contributed by atoms with Crippen LogP contribution in [-0.2, 0) is 0 Å². The minimum atomic E-state index is -0.246. The summed E-state index contributed by atoms with van der Waals surface area (Å²) < 4.78 is 0. The summed E-state index contributed by atoms with van der Waals surface area (Å²) in [7, 11) is 0. The lowest BCUT2D eigenvalue weighted by Gasteiger charge is -2.55. The molecule has 1 spiro atoms. The topological polar surface area (TPSA) is 43.7 Å². The SMILES string of the molecule is O[C@@H]1C[C@H](O)C12CCN(C1CCCCCC1)CC2. The molecule has 1 heterocycles. The van der Waals surface area contributed by atoms with E-state index in [1.54, 1.807) is 0 Å². The van der Waals surface area contributed by atoms with Crippen LogP contribution < -0.4 is 0 Å². The van der Waals surface area contributed by atoms with E-state index < -0.39 is 0 Å². The summed E-state index contributed by atoms with van der Waals surface area (Å²) in [6.45, 7) is 2.16. The molecule has 3 nitrogen and oxygen atoms in total. The molecule has 104 valence electrons. The molecule has 2 atom stereocenters. The minimum absolute atomic E-state index is 0.138. The van der Waals surface area contributed by atoms with Crippen LogP contribution in [0.5, 0.6) is 0 Å². The molecule has 0 aromatic carbocycles. The number of likely N-dealkylation sites (tertiary alicyclic amines) is 1. The van der Waals surface area contributed by atoms with E-state index in [-0.39, 0.29) is 17.6 Å².